The zero-order valence-electron chi connectivity index (χ0n) is 10.2. The molecule has 1 fully saturated rings. The summed E-state index contributed by atoms with van der Waals surface area (Å²) in [4.78, 5) is 0. The maximum atomic E-state index is 5.08. The van der Waals surface area contributed by atoms with Crippen molar-refractivity contribution in [2.45, 2.75) is 26.3 Å². The highest BCUT2D eigenvalue weighted by Gasteiger charge is 2.17. The molecule has 1 atom stereocenters. The Balaban J connectivity index is 0.000000921. The van der Waals surface area contributed by atoms with Crippen LogP contribution in [0.5, 0.6) is 0 Å². The van der Waals surface area contributed by atoms with Gasteiger partial charge < -0.3 is 10.1 Å². The van der Waals surface area contributed by atoms with Gasteiger partial charge in [0.25, 0.3) is 0 Å². The second-order valence-electron chi connectivity index (χ2n) is 3.27. The Morgan fingerprint density at radius 3 is 2.67 bits per heavy atom. The van der Waals surface area contributed by atoms with Gasteiger partial charge in [-0.25, -0.2) is 0 Å². The van der Waals surface area contributed by atoms with E-state index in [-0.39, 0.29) is 0 Å². The van der Waals surface area contributed by atoms with E-state index in [9.17, 15) is 0 Å². The predicted octanol–water partition coefficient (Wildman–Crippen LogP) is 2.69. The number of hydrogen-bond acceptors (Lipinski definition) is 2. The molecule has 0 bridgehead atoms. The van der Waals surface area contributed by atoms with Crippen molar-refractivity contribution in [3.8, 4) is 0 Å². The van der Waals surface area contributed by atoms with Crippen molar-refractivity contribution in [2.75, 3.05) is 20.3 Å². The monoisotopic (exact) mass is 209 g/mol. The lowest BCUT2D eigenvalue weighted by Gasteiger charge is -2.26. The van der Waals surface area contributed by atoms with Crippen molar-refractivity contribution in [3.05, 3.63) is 36.5 Å². The number of allylic oxidation sites excluding steroid dienone is 2. The normalized spacial score (nSPS) is 23.3. The van der Waals surface area contributed by atoms with E-state index in [2.05, 4.69) is 18.5 Å². The molecule has 1 aliphatic rings. The molecule has 0 spiro atoms. The fourth-order valence-corrected chi connectivity index (χ4v) is 1.52. The Morgan fingerprint density at radius 2 is 2.20 bits per heavy atom. The lowest BCUT2D eigenvalue weighted by atomic mass is 9.95. The van der Waals surface area contributed by atoms with E-state index in [4.69, 9.17) is 4.74 Å². The first-order chi connectivity index (χ1) is 7.27. The van der Waals surface area contributed by atoms with Crippen LogP contribution in [-0.2, 0) is 4.74 Å². The summed E-state index contributed by atoms with van der Waals surface area (Å²) >= 11 is 0. The summed E-state index contributed by atoms with van der Waals surface area (Å²) < 4.78 is 5.08. The third-order valence-electron chi connectivity index (χ3n) is 2.21. The Morgan fingerprint density at radius 1 is 1.53 bits per heavy atom. The highest BCUT2D eigenvalue weighted by molar-refractivity contribution is 5.35. The standard InChI is InChI=1S/C11H17NO.C2H6/c1-4-5-10-7-12-11(8-13-3)6-9(10)2;1-2/h4-5,11-12H,1-2,6-8H2,3H3;1-2H3/b10-5-;. The average molecular weight is 209 g/mol. The predicted molar refractivity (Wildman–Crippen MR) is 67.1 cm³/mol. The minimum Gasteiger partial charge on any atom is -0.383 e. The first kappa shape index (κ1) is 14.1. The van der Waals surface area contributed by atoms with E-state index in [1.54, 1.807) is 13.2 Å². The highest BCUT2D eigenvalue weighted by atomic mass is 16.5. The fraction of sp³-hybridized carbons (Fsp3) is 0.538. The number of piperidine rings is 1. The van der Waals surface area contributed by atoms with Crippen LogP contribution in [0, 0.1) is 0 Å². The highest BCUT2D eigenvalue weighted by Crippen LogP contribution is 2.18. The molecule has 1 heterocycles. The van der Waals surface area contributed by atoms with Gasteiger partial charge in [-0.15, -0.1) is 0 Å². The van der Waals surface area contributed by atoms with Crippen molar-refractivity contribution in [1.82, 2.24) is 5.32 Å². The fourth-order valence-electron chi connectivity index (χ4n) is 1.52. The van der Waals surface area contributed by atoms with E-state index in [1.807, 2.05) is 19.9 Å². The molecule has 0 radical (unpaired) electrons. The molecule has 0 amide bonds. The van der Waals surface area contributed by atoms with Crippen LogP contribution < -0.4 is 5.32 Å². The smallest absolute Gasteiger partial charge is 0.0619 e. The lowest BCUT2D eigenvalue weighted by molar-refractivity contribution is 0.165. The van der Waals surface area contributed by atoms with E-state index < -0.39 is 0 Å². The third kappa shape index (κ3) is 4.96. The SMILES string of the molecule is C=C/C=C1/CNC(COC)CC1=C.CC. The third-order valence-corrected chi connectivity index (χ3v) is 2.21. The molecule has 1 N–H and O–H groups in total. The van der Waals surface area contributed by atoms with Gasteiger partial charge >= 0.3 is 0 Å². The summed E-state index contributed by atoms with van der Waals surface area (Å²) in [6.07, 6.45) is 4.78. The van der Waals surface area contributed by atoms with Gasteiger partial charge in [-0.1, -0.05) is 39.2 Å². The maximum Gasteiger partial charge on any atom is 0.0619 e. The van der Waals surface area contributed by atoms with Gasteiger partial charge in [0.2, 0.25) is 0 Å². The van der Waals surface area contributed by atoms with Crippen LogP contribution in [0.25, 0.3) is 0 Å². The molecule has 86 valence electrons. The van der Waals surface area contributed by atoms with Crippen LogP contribution in [0.3, 0.4) is 0 Å². The molecule has 0 aromatic carbocycles. The van der Waals surface area contributed by atoms with Crippen LogP contribution in [0.2, 0.25) is 0 Å². The molecule has 0 saturated carbocycles. The molecule has 1 unspecified atom stereocenters. The average Bonchev–Trinajstić information content (AvgIpc) is 2.26. The van der Waals surface area contributed by atoms with Gasteiger partial charge in [-0.3, -0.25) is 0 Å². The van der Waals surface area contributed by atoms with Crippen molar-refractivity contribution >= 4 is 0 Å². The van der Waals surface area contributed by atoms with E-state index >= 15 is 0 Å². The van der Waals surface area contributed by atoms with Gasteiger partial charge in [0.15, 0.2) is 0 Å². The minimum atomic E-state index is 0.416. The molecule has 0 aromatic heterocycles. The van der Waals surface area contributed by atoms with Crippen LogP contribution in [-0.4, -0.2) is 26.3 Å². The summed E-state index contributed by atoms with van der Waals surface area (Å²) in [5, 5.41) is 3.38. The molecule has 0 aliphatic carbocycles. The van der Waals surface area contributed by atoms with Crippen molar-refractivity contribution < 1.29 is 4.74 Å². The lowest BCUT2D eigenvalue weighted by Crippen LogP contribution is -2.39. The van der Waals surface area contributed by atoms with Crippen LogP contribution in [0.4, 0.5) is 0 Å². The molecule has 0 aromatic rings. The van der Waals surface area contributed by atoms with E-state index in [1.165, 1.54) is 11.1 Å². The molecule has 1 saturated heterocycles. The molecule has 1 rings (SSSR count). The summed E-state index contributed by atoms with van der Waals surface area (Å²) in [7, 11) is 1.72. The minimum absolute atomic E-state index is 0.416. The van der Waals surface area contributed by atoms with Gasteiger partial charge in [-0.05, 0) is 17.6 Å². The Bertz CT molecular complexity index is 231. The van der Waals surface area contributed by atoms with Crippen molar-refractivity contribution in [1.29, 1.82) is 0 Å². The maximum absolute atomic E-state index is 5.08. The number of rotatable bonds is 3. The second-order valence-corrected chi connectivity index (χ2v) is 3.27. The summed E-state index contributed by atoms with van der Waals surface area (Å²) in [5.74, 6) is 0. The quantitative estimate of drug-likeness (QED) is 0.771. The first-order valence-corrected chi connectivity index (χ1v) is 5.50. The van der Waals surface area contributed by atoms with E-state index in [0.29, 0.717) is 6.04 Å². The van der Waals surface area contributed by atoms with Crippen LogP contribution in [0.1, 0.15) is 20.3 Å². The molecule has 1 aliphatic heterocycles. The van der Waals surface area contributed by atoms with Gasteiger partial charge in [0.1, 0.15) is 0 Å². The Labute approximate surface area is 93.7 Å². The Hall–Kier alpha value is -0.860. The van der Waals surface area contributed by atoms with Gasteiger partial charge in [-0.2, -0.15) is 0 Å². The number of methoxy groups -OCH3 is 1. The second kappa shape index (κ2) is 8.45. The first-order valence-electron chi connectivity index (χ1n) is 5.50. The van der Waals surface area contributed by atoms with Crippen molar-refractivity contribution in [2.24, 2.45) is 0 Å². The Kier molecular flexibility index (Phi) is 7.96. The van der Waals surface area contributed by atoms with Gasteiger partial charge in [0.05, 0.1) is 6.61 Å². The number of nitrogens with one attached hydrogen (secondary N) is 1. The summed E-state index contributed by atoms with van der Waals surface area (Å²) in [5.41, 5.74) is 2.45. The molecule has 2 heteroatoms. The molecule has 2 nitrogen and oxygen atoms in total. The van der Waals surface area contributed by atoms with Gasteiger partial charge in [0, 0.05) is 19.7 Å². The summed E-state index contributed by atoms with van der Waals surface area (Å²) in [6, 6.07) is 0.416. The molecular formula is C13H23NO. The molecule has 15 heavy (non-hydrogen) atoms. The number of hydrogen-bond donors (Lipinski definition) is 1. The zero-order valence-corrected chi connectivity index (χ0v) is 10.2. The molecular weight excluding hydrogens is 186 g/mol. The van der Waals surface area contributed by atoms with E-state index in [0.717, 1.165) is 19.6 Å². The van der Waals surface area contributed by atoms with Crippen LogP contribution >= 0.6 is 0 Å². The topological polar surface area (TPSA) is 21.3 Å². The zero-order chi connectivity index (χ0) is 11.7. The van der Waals surface area contributed by atoms with Crippen molar-refractivity contribution in [3.63, 3.8) is 0 Å². The van der Waals surface area contributed by atoms with Crippen LogP contribution in [0.15, 0.2) is 36.5 Å². The number of ether oxygens (including phenoxy) is 1. The summed E-state index contributed by atoms with van der Waals surface area (Å²) in [6.45, 7) is 13.3. The largest absolute Gasteiger partial charge is 0.383 e.